The van der Waals surface area contributed by atoms with E-state index in [0.717, 1.165) is 27.8 Å². The van der Waals surface area contributed by atoms with Gasteiger partial charge in [0.05, 0.1) is 10.9 Å². The second-order valence-corrected chi connectivity index (χ2v) is 7.75. The molecule has 2 unspecified atom stereocenters. The van der Waals surface area contributed by atoms with Gasteiger partial charge in [0.25, 0.3) is 5.79 Å². The molecule has 0 aliphatic carbocycles. The largest absolute Gasteiger partial charge is 0.448 e. The van der Waals surface area contributed by atoms with E-state index in [9.17, 15) is 4.79 Å². The molecule has 1 aromatic heterocycles. The molecule has 4 heteroatoms. The topological polar surface area (TPSA) is 48.7 Å². The maximum Gasteiger partial charge on any atom is 0.343 e. The van der Waals surface area contributed by atoms with Crippen molar-refractivity contribution in [1.82, 2.24) is 0 Å². The van der Waals surface area contributed by atoms with Crippen LogP contribution in [0.5, 0.6) is 11.5 Å². The second-order valence-electron chi connectivity index (χ2n) is 7.75. The molecule has 0 N–H and O–H groups in total. The SMILES string of the molecule is Cc1ccc2c(c1)OC1(c3ccccc3)CC2c2c(c3ccccc3oc2=O)O1. The van der Waals surface area contributed by atoms with Crippen LogP contribution in [0.4, 0.5) is 0 Å². The van der Waals surface area contributed by atoms with E-state index in [1.165, 1.54) is 0 Å². The van der Waals surface area contributed by atoms with Crippen LogP contribution >= 0.6 is 0 Å². The molecule has 2 aliphatic heterocycles. The van der Waals surface area contributed by atoms with Crippen LogP contribution in [0, 0.1) is 6.92 Å². The monoisotopic (exact) mass is 382 g/mol. The van der Waals surface area contributed by atoms with Crippen LogP contribution in [0.1, 0.15) is 34.6 Å². The third-order valence-corrected chi connectivity index (χ3v) is 5.92. The summed E-state index contributed by atoms with van der Waals surface area (Å²) < 4.78 is 18.8. The van der Waals surface area contributed by atoms with Crippen molar-refractivity contribution in [3.63, 3.8) is 0 Å². The minimum Gasteiger partial charge on any atom is -0.448 e. The fourth-order valence-corrected chi connectivity index (χ4v) is 4.57. The maximum absolute atomic E-state index is 13.0. The van der Waals surface area contributed by atoms with Gasteiger partial charge in [0, 0.05) is 23.5 Å². The minimum absolute atomic E-state index is 0.163. The molecule has 3 aromatic carbocycles. The molecule has 3 heterocycles. The molecule has 4 aromatic rings. The Morgan fingerprint density at radius 3 is 2.59 bits per heavy atom. The van der Waals surface area contributed by atoms with Crippen LogP contribution in [0.3, 0.4) is 0 Å². The van der Waals surface area contributed by atoms with E-state index in [0.29, 0.717) is 23.3 Å². The van der Waals surface area contributed by atoms with Crippen LogP contribution in [0.15, 0.2) is 82.0 Å². The Kier molecular flexibility index (Phi) is 3.25. The summed E-state index contributed by atoms with van der Waals surface area (Å²) in [5.41, 5.74) is 3.76. The highest BCUT2D eigenvalue weighted by Crippen LogP contribution is 2.55. The summed E-state index contributed by atoms with van der Waals surface area (Å²) in [4.78, 5) is 13.0. The van der Waals surface area contributed by atoms with E-state index in [2.05, 4.69) is 6.07 Å². The van der Waals surface area contributed by atoms with Crippen molar-refractivity contribution in [2.24, 2.45) is 0 Å². The lowest BCUT2D eigenvalue weighted by atomic mass is 9.78. The zero-order valence-electron chi connectivity index (χ0n) is 15.8. The van der Waals surface area contributed by atoms with Gasteiger partial charge in [-0.15, -0.1) is 0 Å². The fraction of sp³-hybridized carbons (Fsp3) is 0.160. The minimum atomic E-state index is -0.990. The molecule has 0 amide bonds. The van der Waals surface area contributed by atoms with Gasteiger partial charge in [-0.3, -0.25) is 0 Å². The zero-order chi connectivity index (χ0) is 19.6. The number of hydrogen-bond acceptors (Lipinski definition) is 4. The normalized spacial score (nSPS) is 21.6. The van der Waals surface area contributed by atoms with Gasteiger partial charge in [-0.2, -0.15) is 0 Å². The Labute approximate surface area is 167 Å². The Morgan fingerprint density at radius 1 is 0.931 bits per heavy atom. The average molecular weight is 382 g/mol. The van der Waals surface area contributed by atoms with Gasteiger partial charge in [0.1, 0.15) is 17.1 Å². The first-order chi connectivity index (χ1) is 14.1. The van der Waals surface area contributed by atoms with Crippen LogP contribution in [-0.4, -0.2) is 0 Å². The van der Waals surface area contributed by atoms with Crippen molar-refractivity contribution in [3.05, 3.63) is 105 Å². The van der Waals surface area contributed by atoms with E-state index in [1.54, 1.807) is 6.07 Å². The van der Waals surface area contributed by atoms with E-state index in [1.807, 2.05) is 67.6 Å². The highest BCUT2D eigenvalue weighted by atomic mass is 16.7. The molecule has 0 saturated heterocycles. The number of benzene rings is 3. The lowest BCUT2D eigenvalue weighted by molar-refractivity contribution is -0.148. The number of ether oxygens (including phenoxy) is 2. The summed E-state index contributed by atoms with van der Waals surface area (Å²) in [5, 5.41) is 0.784. The molecule has 142 valence electrons. The quantitative estimate of drug-likeness (QED) is 0.421. The summed E-state index contributed by atoms with van der Waals surface area (Å²) >= 11 is 0. The summed E-state index contributed by atoms with van der Waals surface area (Å²) in [6.07, 6.45) is 0.517. The molecule has 0 radical (unpaired) electrons. The third-order valence-electron chi connectivity index (χ3n) is 5.92. The van der Waals surface area contributed by atoms with Gasteiger partial charge < -0.3 is 13.9 Å². The molecule has 6 rings (SSSR count). The van der Waals surface area contributed by atoms with Crippen molar-refractivity contribution in [2.45, 2.75) is 25.0 Å². The number of aryl methyl sites for hydroxylation is 1. The highest BCUT2D eigenvalue weighted by molar-refractivity contribution is 5.85. The number of hydrogen-bond donors (Lipinski definition) is 0. The van der Waals surface area contributed by atoms with Gasteiger partial charge in [0.2, 0.25) is 0 Å². The number of rotatable bonds is 1. The molecule has 0 spiro atoms. The van der Waals surface area contributed by atoms with Crippen LogP contribution in [0.2, 0.25) is 0 Å². The highest BCUT2D eigenvalue weighted by Gasteiger charge is 2.51. The van der Waals surface area contributed by atoms with Gasteiger partial charge in [-0.1, -0.05) is 54.6 Å². The fourth-order valence-electron chi connectivity index (χ4n) is 4.57. The number of para-hydroxylation sites is 1. The maximum atomic E-state index is 13.0. The smallest absolute Gasteiger partial charge is 0.343 e. The Balaban J connectivity index is 1.70. The van der Waals surface area contributed by atoms with Gasteiger partial charge >= 0.3 is 5.63 Å². The molecule has 2 bridgehead atoms. The molecule has 0 saturated carbocycles. The Morgan fingerprint density at radius 2 is 1.72 bits per heavy atom. The van der Waals surface area contributed by atoms with Crippen molar-refractivity contribution >= 4 is 11.0 Å². The predicted molar refractivity (Wildman–Crippen MR) is 109 cm³/mol. The molecule has 0 fully saturated rings. The second kappa shape index (κ2) is 5.74. The average Bonchev–Trinajstić information content (AvgIpc) is 2.74. The molecule has 29 heavy (non-hydrogen) atoms. The van der Waals surface area contributed by atoms with E-state index >= 15 is 0 Å². The van der Waals surface area contributed by atoms with Gasteiger partial charge in [-0.05, 0) is 30.7 Å². The molecule has 2 atom stereocenters. The summed E-state index contributed by atoms with van der Waals surface area (Å²) in [5.74, 6) is 0.159. The third kappa shape index (κ3) is 2.29. The summed E-state index contributed by atoms with van der Waals surface area (Å²) in [7, 11) is 0. The molecule has 2 aliphatic rings. The Hall–Kier alpha value is -3.53. The van der Waals surface area contributed by atoms with Gasteiger partial charge in [-0.25, -0.2) is 4.79 Å². The van der Waals surface area contributed by atoms with Crippen LogP contribution in [-0.2, 0) is 5.79 Å². The number of fused-ring (bicyclic) bond motifs is 8. The van der Waals surface area contributed by atoms with Crippen LogP contribution < -0.4 is 15.1 Å². The van der Waals surface area contributed by atoms with Crippen molar-refractivity contribution in [2.75, 3.05) is 0 Å². The zero-order valence-corrected chi connectivity index (χ0v) is 15.8. The first-order valence-corrected chi connectivity index (χ1v) is 9.74. The lowest BCUT2D eigenvalue weighted by Gasteiger charge is -2.46. The van der Waals surface area contributed by atoms with E-state index in [4.69, 9.17) is 13.9 Å². The van der Waals surface area contributed by atoms with Crippen LogP contribution in [0.25, 0.3) is 11.0 Å². The molecular weight excluding hydrogens is 364 g/mol. The lowest BCUT2D eigenvalue weighted by Crippen LogP contribution is -2.48. The standard InChI is InChI=1S/C25H18O4/c1-15-11-12-17-19-14-25(28-21(17)13-15,16-7-3-2-4-8-16)29-23-18-9-5-6-10-20(18)27-24(26)22(19)23/h2-13,19H,14H2,1H3. The molecule has 4 nitrogen and oxygen atoms in total. The Bertz CT molecular complexity index is 1320. The summed E-state index contributed by atoms with van der Waals surface area (Å²) in [6.45, 7) is 2.03. The first-order valence-electron chi connectivity index (χ1n) is 9.74. The summed E-state index contributed by atoms with van der Waals surface area (Å²) in [6, 6.07) is 23.5. The van der Waals surface area contributed by atoms with Crippen molar-refractivity contribution in [1.29, 1.82) is 0 Å². The van der Waals surface area contributed by atoms with Gasteiger partial charge in [0.15, 0.2) is 0 Å². The van der Waals surface area contributed by atoms with E-state index in [-0.39, 0.29) is 11.5 Å². The predicted octanol–water partition coefficient (Wildman–Crippen LogP) is 5.26. The van der Waals surface area contributed by atoms with Crippen molar-refractivity contribution < 1.29 is 13.9 Å². The van der Waals surface area contributed by atoms with E-state index < -0.39 is 5.79 Å². The molecular formula is C25H18O4. The van der Waals surface area contributed by atoms with Crippen molar-refractivity contribution in [3.8, 4) is 11.5 Å². The first kappa shape index (κ1) is 16.4.